The van der Waals surface area contributed by atoms with Crippen molar-refractivity contribution in [3.8, 4) is 0 Å². The number of para-hydroxylation sites is 1. The lowest BCUT2D eigenvalue weighted by molar-refractivity contribution is 0.0735. The molecule has 1 N–H and O–H groups in total. The number of nitrogens with one attached hydrogen (secondary N) is 1. The molecule has 3 nitrogen and oxygen atoms in total. The number of benzene rings is 2. The molecular weight excluding hydrogens is 224 g/mol. The zero-order valence-electron chi connectivity index (χ0n) is 10.1. The number of hydrogen-bond donors (Lipinski definition) is 1. The summed E-state index contributed by atoms with van der Waals surface area (Å²) < 4.78 is 0. The van der Waals surface area contributed by atoms with Crippen LogP contribution in [0.5, 0.6) is 0 Å². The van der Waals surface area contributed by atoms with Gasteiger partial charge in [-0.05, 0) is 17.7 Å². The fourth-order valence-corrected chi connectivity index (χ4v) is 2.29. The van der Waals surface area contributed by atoms with E-state index in [1.807, 2.05) is 61.6 Å². The third-order valence-corrected chi connectivity index (χ3v) is 3.27. The maximum atomic E-state index is 12.3. The van der Waals surface area contributed by atoms with Crippen LogP contribution in [0.3, 0.4) is 0 Å². The van der Waals surface area contributed by atoms with Gasteiger partial charge in [0, 0.05) is 12.7 Å². The number of carbonyl (C=O) groups is 1. The monoisotopic (exact) mass is 238 g/mol. The van der Waals surface area contributed by atoms with Gasteiger partial charge in [-0.25, -0.2) is 0 Å². The summed E-state index contributed by atoms with van der Waals surface area (Å²) in [6, 6.07) is 17.6. The van der Waals surface area contributed by atoms with Crippen LogP contribution in [0.1, 0.15) is 22.1 Å². The minimum atomic E-state index is -0.103. The van der Waals surface area contributed by atoms with Crippen LogP contribution in [-0.2, 0) is 0 Å². The highest BCUT2D eigenvalue weighted by Gasteiger charge is 2.29. The molecule has 0 radical (unpaired) electrons. The molecule has 0 fully saturated rings. The maximum Gasteiger partial charge on any atom is 0.257 e. The molecule has 0 saturated carbocycles. The first-order valence-electron chi connectivity index (χ1n) is 5.95. The summed E-state index contributed by atoms with van der Waals surface area (Å²) in [5.74, 6) is 0.0539. The quantitative estimate of drug-likeness (QED) is 0.828. The normalized spacial score (nSPS) is 18.2. The van der Waals surface area contributed by atoms with Crippen LogP contribution in [0.4, 0.5) is 5.69 Å². The van der Waals surface area contributed by atoms with Crippen molar-refractivity contribution >= 4 is 11.6 Å². The summed E-state index contributed by atoms with van der Waals surface area (Å²) in [5.41, 5.74) is 2.71. The number of hydrogen-bond acceptors (Lipinski definition) is 2. The average Bonchev–Trinajstić information content (AvgIpc) is 2.44. The first-order valence-corrected chi connectivity index (χ1v) is 5.95. The number of fused-ring (bicyclic) bond motifs is 1. The van der Waals surface area contributed by atoms with E-state index in [0.717, 1.165) is 16.8 Å². The third kappa shape index (κ3) is 1.64. The van der Waals surface area contributed by atoms with Crippen LogP contribution >= 0.6 is 0 Å². The highest BCUT2D eigenvalue weighted by atomic mass is 16.2. The van der Waals surface area contributed by atoms with Crippen molar-refractivity contribution < 1.29 is 4.79 Å². The molecule has 2 aromatic rings. The highest BCUT2D eigenvalue weighted by Crippen LogP contribution is 2.31. The van der Waals surface area contributed by atoms with Gasteiger partial charge in [0.25, 0.3) is 5.91 Å². The van der Waals surface area contributed by atoms with Gasteiger partial charge in [0.2, 0.25) is 0 Å². The van der Waals surface area contributed by atoms with Crippen LogP contribution in [0.2, 0.25) is 0 Å². The molecule has 1 aliphatic heterocycles. The Kier molecular flexibility index (Phi) is 2.52. The van der Waals surface area contributed by atoms with E-state index in [9.17, 15) is 4.79 Å². The second kappa shape index (κ2) is 4.18. The van der Waals surface area contributed by atoms with E-state index in [1.165, 1.54) is 0 Å². The SMILES string of the molecule is CN1C(=O)c2ccccc2N[C@@H]1c1ccccc1. The van der Waals surface area contributed by atoms with Crippen molar-refractivity contribution in [2.45, 2.75) is 6.17 Å². The summed E-state index contributed by atoms with van der Waals surface area (Å²) in [6.45, 7) is 0. The van der Waals surface area contributed by atoms with E-state index < -0.39 is 0 Å². The van der Waals surface area contributed by atoms with Gasteiger partial charge in [-0.3, -0.25) is 4.79 Å². The van der Waals surface area contributed by atoms with Gasteiger partial charge in [-0.15, -0.1) is 0 Å². The molecule has 0 aromatic heterocycles. The van der Waals surface area contributed by atoms with E-state index in [-0.39, 0.29) is 12.1 Å². The molecular formula is C15H14N2O. The lowest BCUT2D eigenvalue weighted by Gasteiger charge is -2.35. The average molecular weight is 238 g/mol. The van der Waals surface area contributed by atoms with E-state index in [1.54, 1.807) is 4.90 Å². The van der Waals surface area contributed by atoms with E-state index >= 15 is 0 Å². The van der Waals surface area contributed by atoms with Gasteiger partial charge >= 0.3 is 0 Å². The number of rotatable bonds is 1. The molecule has 1 amide bonds. The summed E-state index contributed by atoms with van der Waals surface area (Å²) in [7, 11) is 1.82. The molecule has 18 heavy (non-hydrogen) atoms. The molecule has 0 aliphatic carbocycles. The van der Waals surface area contributed by atoms with Crippen LogP contribution in [0.15, 0.2) is 54.6 Å². The summed E-state index contributed by atoms with van der Waals surface area (Å²) in [4.78, 5) is 14.0. The molecule has 0 saturated heterocycles. The molecule has 0 spiro atoms. The van der Waals surface area contributed by atoms with Gasteiger partial charge in [0.15, 0.2) is 0 Å². The van der Waals surface area contributed by atoms with Crippen molar-refractivity contribution in [3.05, 3.63) is 65.7 Å². The topological polar surface area (TPSA) is 32.3 Å². The molecule has 1 heterocycles. The second-order valence-electron chi connectivity index (χ2n) is 4.42. The van der Waals surface area contributed by atoms with Crippen molar-refractivity contribution in [1.29, 1.82) is 0 Å². The number of anilines is 1. The summed E-state index contributed by atoms with van der Waals surface area (Å²) in [5, 5.41) is 3.40. The number of carbonyl (C=O) groups excluding carboxylic acids is 1. The van der Waals surface area contributed by atoms with Crippen molar-refractivity contribution in [2.75, 3.05) is 12.4 Å². The Morgan fingerprint density at radius 3 is 2.44 bits per heavy atom. The molecule has 0 unspecified atom stereocenters. The first kappa shape index (κ1) is 10.8. The van der Waals surface area contributed by atoms with Crippen molar-refractivity contribution in [3.63, 3.8) is 0 Å². The van der Waals surface area contributed by atoms with Gasteiger partial charge in [-0.2, -0.15) is 0 Å². The van der Waals surface area contributed by atoms with Crippen LogP contribution in [-0.4, -0.2) is 17.9 Å². The Hall–Kier alpha value is -2.29. The number of nitrogens with zero attached hydrogens (tertiary/aromatic N) is 1. The maximum absolute atomic E-state index is 12.3. The molecule has 0 bridgehead atoms. The zero-order valence-corrected chi connectivity index (χ0v) is 10.1. The number of amides is 1. The fourth-order valence-electron chi connectivity index (χ4n) is 2.29. The first-order chi connectivity index (χ1) is 8.77. The molecule has 1 aliphatic rings. The molecule has 2 aromatic carbocycles. The van der Waals surface area contributed by atoms with Crippen LogP contribution in [0.25, 0.3) is 0 Å². The Balaban J connectivity index is 2.04. The van der Waals surface area contributed by atoms with Crippen LogP contribution < -0.4 is 5.32 Å². The van der Waals surface area contributed by atoms with E-state index in [2.05, 4.69) is 5.32 Å². The fraction of sp³-hybridized carbons (Fsp3) is 0.133. The van der Waals surface area contributed by atoms with Crippen LogP contribution in [0, 0.1) is 0 Å². The van der Waals surface area contributed by atoms with Crippen molar-refractivity contribution in [2.24, 2.45) is 0 Å². The van der Waals surface area contributed by atoms with Gasteiger partial charge in [0.1, 0.15) is 6.17 Å². The highest BCUT2D eigenvalue weighted by molar-refractivity contribution is 6.01. The van der Waals surface area contributed by atoms with Gasteiger partial charge < -0.3 is 10.2 Å². The Morgan fingerprint density at radius 1 is 1.00 bits per heavy atom. The Bertz CT molecular complexity index is 580. The predicted octanol–water partition coefficient (Wildman–Crippen LogP) is 2.88. The molecule has 1 atom stereocenters. The van der Waals surface area contributed by atoms with E-state index in [0.29, 0.717) is 0 Å². The Labute approximate surface area is 106 Å². The minimum absolute atomic E-state index is 0.0539. The minimum Gasteiger partial charge on any atom is -0.361 e. The van der Waals surface area contributed by atoms with E-state index in [4.69, 9.17) is 0 Å². The Morgan fingerprint density at radius 2 is 1.67 bits per heavy atom. The molecule has 3 rings (SSSR count). The third-order valence-electron chi connectivity index (χ3n) is 3.27. The molecule has 3 heteroatoms. The lowest BCUT2D eigenvalue weighted by Crippen LogP contribution is -2.40. The summed E-state index contributed by atoms with van der Waals surface area (Å²) in [6.07, 6.45) is -0.103. The smallest absolute Gasteiger partial charge is 0.257 e. The standard InChI is InChI=1S/C15H14N2O/c1-17-14(11-7-3-2-4-8-11)16-13-10-6-5-9-12(13)15(17)18/h2-10,14,16H,1H3/t14-/m0/s1. The van der Waals surface area contributed by atoms with Crippen molar-refractivity contribution in [1.82, 2.24) is 4.90 Å². The predicted molar refractivity (Wildman–Crippen MR) is 71.3 cm³/mol. The largest absolute Gasteiger partial charge is 0.361 e. The zero-order chi connectivity index (χ0) is 12.5. The lowest BCUT2D eigenvalue weighted by atomic mass is 10.0. The van der Waals surface area contributed by atoms with Gasteiger partial charge in [0.05, 0.1) is 5.56 Å². The molecule has 90 valence electrons. The second-order valence-corrected chi connectivity index (χ2v) is 4.42. The van der Waals surface area contributed by atoms with Gasteiger partial charge in [-0.1, -0.05) is 42.5 Å². The summed E-state index contributed by atoms with van der Waals surface area (Å²) >= 11 is 0.